The van der Waals surface area contributed by atoms with Crippen LogP contribution >= 0.6 is 11.3 Å². The third-order valence-electron chi connectivity index (χ3n) is 5.84. The zero-order valence-corrected chi connectivity index (χ0v) is 23.3. The smallest absolute Gasteiger partial charge is 0.338 e. The molecular formula is C29H30N2O7S. The summed E-state index contributed by atoms with van der Waals surface area (Å²) in [5.74, 6) is 0.559. The van der Waals surface area contributed by atoms with Crippen LogP contribution in [-0.2, 0) is 14.3 Å². The van der Waals surface area contributed by atoms with Gasteiger partial charge in [-0.15, -0.1) is 0 Å². The van der Waals surface area contributed by atoms with E-state index in [0.717, 1.165) is 5.56 Å². The van der Waals surface area contributed by atoms with Crippen molar-refractivity contribution in [3.8, 4) is 17.2 Å². The van der Waals surface area contributed by atoms with E-state index < -0.39 is 18.0 Å². The van der Waals surface area contributed by atoms with E-state index in [1.165, 1.54) is 22.8 Å². The van der Waals surface area contributed by atoms with Gasteiger partial charge in [-0.05, 0) is 69.2 Å². The van der Waals surface area contributed by atoms with Crippen LogP contribution in [0.25, 0.3) is 6.08 Å². The first kappa shape index (κ1) is 27.8. The summed E-state index contributed by atoms with van der Waals surface area (Å²) >= 11 is 1.23. The monoisotopic (exact) mass is 550 g/mol. The molecule has 4 rings (SSSR count). The number of benzene rings is 2. The molecule has 0 unspecified atom stereocenters. The van der Waals surface area contributed by atoms with Gasteiger partial charge in [-0.2, -0.15) is 0 Å². The summed E-state index contributed by atoms with van der Waals surface area (Å²) in [5.41, 5.74) is 1.87. The lowest BCUT2D eigenvalue weighted by Crippen LogP contribution is -2.40. The SMILES string of the molecule is CCOC(=O)C1=C(C)N=c2s/c(=C\c3ccc(OC(C)=O)cc3)c(=O)n2[C@@H]1c1ccc(OCC)c(OCC)c1. The van der Waals surface area contributed by atoms with Gasteiger partial charge in [0.15, 0.2) is 16.3 Å². The van der Waals surface area contributed by atoms with Crippen LogP contribution in [0.1, 0.15) is 51.8 Å². The maximum atomic E-state index is 13.8. The number of carbonyl (C=O) groups excluding carboxylic acids is 2. The van der Waals surface area contributed by atoms with Crippen molar-refractivity contribution in [1.29, 1.82) is 0 Å². The average molecular weight is 551 g/mol. The first-order valence-corrected chi connectivity index (χ1v) is 13.5. The second-order valence-corrected chi connectivity index (χ2v) is 9.55. The Balaban J connectivity index is 1.88. The third-order valence-corrected chi connectivity index (χ3v) is 6.82. The molecule has 10 heteroatoms. The third kappa shape index (κ3) is 5.96. The van der Waals surface area contributed by atoms with Crippen LogP contribution in [0.2, 0.25) is 0 Å². The van der Waals surface area contributed by atoms with Gasteiger partial charge in [-0.1, -0.05) is 29.5 Å². The van der Waals surface area contributed by atoms with E-state index >= 15 is 0 Å². The minimum absolute atomic E-state index is 0.184. The molecule has 2 heterocycles. The standard InChI is InChI=1S/C29H30N2O7S/c1-6-35-22-14-11-20(16-23(22)36-7-2)26-25(28(34)37-8-3)17(4)30-29-31(26)27(33)24(39-29)15-19-9-12-21(13-10-19)38-18(5)32/h9-16,26H,6-8H2,1-5H3/b24-15-/t26-/m1/s1. The van der Waals surface area contributed by atoms with Gasteiger partial charge >= 0.3 is 11.9 Å². The molecule has 2 aromatic carbocycles. The topological polar surface area (TPSA) is 105 Å². The van der Waals surface area contributed by atoms with E-state index in [-0.39, 0.29) is 17.7 Å². The van der Waals surface area contributed by atoms with Gasteiger partial charge in [0.25, 0.3) is 5.56 Å². The molecule has 0 amide bonds. The highest BCUT2D eigenvalue weighted by Crippen LogP contribution is 2.36. The maximum absolute atomic E-state index is 13.8. The average Bonchev–Trinajstić information content (AvgIpc) is 3.19. The van der Waals surface area contributed by atoms with Gasteiger partial charge < -0.3 is 18.9 Å². The number of hydrogen-bond acceptors (Lipinski definition) is 9. The Morgan fingerprint density at radius 2 is 1.69 bits per heavy atom. The molecule has 0 radical (unpaired) electrons. The highest BCUT2D eigenvalue weighted by atomic mass is 32.1. The van der Waals surface area contributed by atoms with E-state index in [1.807, 2.05) is 19.9 Å². The van der Waals surface area contributed by atoms with Gasteiger partial charge in [-0.3, -0.25) is 14.2 Å². The Morgan fingerprint density at radius 3 is 2.33 bits per heavy atom. The van der Waals surface area contributed by atoms with Crippen LogP contribution in [0, 0.1) is 0 Å². The van der Waals surface area contributed by atoms with Gasteiger partial charge in [0.05, 0.1) is 41.7 Å². The van der Waals surface area contributed by atoms with Crippen molar-refractivity contribution in [3.05, 3.63) is 84.5 Å². The quantitative estimate of drug-likeness (QED) is 0.297. The lowest BCUT2D eigenvalue weighted by molar-refractivity contribution is -0.139. The van der Waals surface area contributed by atoms with E-state index in [2.05, 4.69) is 4.99 Å². The fourth-order valence-corrected chi connectivity index (χ4v) is 5.34. The Kier molecular flexibility index (Phi) is 8.65. The number of allylic oxidation sites excluding steroid dienone is 1. The number of fused-ring (bicyclic) bond motifs is 1. The molecule has 9 nitrogen and oxygen atoms in total. The Bertz CT molecular complexity index is 1600. The van der Waals surface area contributed by atoms with E-state index in [0.29, 0.717) is 51.1 Å². The summed E-state index contributed by atoms with van der Waals surface area (Å²) in [6, 6.07) is 11.4. The lowest BCUT2D eigenvalue weighted by Gasteiger charge is -2.25. The van der Waals surface area contributed by atoms with Crippen molar-refractivity contribution in [2.24, 2.45) is 4.99 Å². The largest absolute Gasteiger partial charge is 0.490 e. The van der Waals surface area contributed by atoms with Crippen LogP contribution in [0.3, 0.4) is 0 Å². The molecule has 0 saturated carbocycles. The molecule has 1 aliphatic rings. The summed E-state index contributed by atoms with van der Waals surface area (Å²) in [7, 11) is 0. The van der Waals surface area contributed by atoms with Crippen molar-refractivity contribution in [3.63, 3.8) is 0 Å². The van der Waals surface area contributed by atoms with E-state index in [9.17, 15) is 14.4 Å². The van der Waals surface area contributed by atoms with E-state index in [1.54, 1.807) is 56.3 Å². The van der Waals surface area contributed by atoms with Crippen molar-refractivity contribution < 1.29 is 28.5 Å². The molecule has 0 aliphatic carbocycles. The maximum Gasteiger partial charge on any atom is 0.338 e. The number of esters is 2. The summed E-state index contributed by atoms with van der Waals surface area (Å²) in [6.45, 7) is 9.63. The van der Waals surface area contributed by atoms with Crippen LogP contribution in [0.4, 0.5) is 0 Å². The predicted molar refractivity (Wildman–Crippen MR) is 147 cm³/mol. The number of thiazole rings is 1. The van der Waals surface area contributed by atoms with Crippen LogP contribution < -0.4 is 29.1 Å². The highest BCUT2D eigenvalue weighted by Gasteiger charge is 2.34. The molecule has 204 valence electrons. The van der Waals surface area contributed by atoms with Crippen molar-refractivity contribution in [2.45, 2.75) is 40.7 Å². The minimum Gasteiger partial charge on any atom is -0.490 e. The molecule has 0 saturated heterocycles. The molecule has 0 spiro atoms. The molecule has 0 N–H and O–H groups in total. The van der Waals surface area contributed by atoms with Crippen molar-refractivity contribution in [2.75, 3.05) is 19.8 Å². The number of ether oxygens (including phenoxy) is 4. The van der Waals surface area contributed by atoms with Crippen LogP contribution in [0.5, 0.6) is 17.2 Å². The van der Waals surface area contributed by atoms with Gasteiger partial charge in [0.2, 0.25) is 0 Å². The fraction of sp³-hybridized carbons (Fsp3) is 0.310. The Morgan fingerprint density at radius 1 is 1.00 bits per heavy atom. The number of hydrogen-bond donors (Lipinski definition) is 0. The van der Waals surface area contributed by atoms with Gasteiger partial charge in [-0.25, -0.2) is 9.79 Å². The second kappa shape index (κ2) is 12.1. The Labute approximate surface area is 229 Å². The van der Waals surface area contributed by atoms with Crippen molar-refractivity contribution in [1.82, 2.24) is 4.57 Å². The highest BCUT2D eigenvalue weighted by molar-refractivity contribution is 7.07. The minimum atomic E-state index is -0.774. The first-order chi connectivity index (χ1) is 18.8. The van der Waals surface area contributed by atoms with Gasteiger partial charge in [0.1, 0.15) is 5.75 Å². The number of aromatic nitrogens is 1. The zero-order chi connectivity index (χ0) is 28.1. The molecule has 1 atom stereocenters. The van der Waals surface area contributed by atoms with Gasteiger partial charge in [0, 0.05) is 6.92 Å². The van der Waals surface area contributed by atoms with Crippen LogP contribution in [0.15, 0.2) is 63.5 Å². The molecule has 1 aliphatic heterocycles. The number of nitrogens with zero attached hydrogens (tertiary/aromatic N) is 2. The van der Waals surface area contributed by atoms with Crippen molar-refractivity contribution >= 4 is 29.4 Å². The normalized spacial score (nSPS) is 14.9. The fourth-order valence-electron chi connectivity index (χ4n) is 4.29. The molecule has 0 fully saturated rings. The van der Waals surface area contributed by atoms with Crippen LogP contribution in [-0.4, -0.2) is 36.3 Å². The summed E-state index contributed by atoms with van der Waals surface area (Å²) in [6.07, 6.45) is 1.74. The summed E-state index contributed by atoms with van der Waals surface area (Å²) in [4.78, 5) is 43.2. The molecule has 0 bridgehead atoms. The molecular weight excluding hydrogens is 520 g/mol. The molecule has 3 aromatic rings. The summed E-state index contributed by atoms with van der Waals surface area (Å²) in [5, 5.41) is 0. The lowest BCUT2D eigenvalue weighted by atomic mass is 9.95. The Hall–Kier alpha value is -4.18. The first-order valence-electron chi connectivity index (χ1n) is 12.6. The molecule has 1 aromatic heterocycles. The summed E-state index contributed by atoms with van der Waals surface area (Å²) < 4.78 is 24.0. The number of carbonyl (C=O) groups is 2. The number of rotatable bonds is 9. The molecule has 39 heavy (non-hydrogen) atoms. The second-order valence-electron chi connectivity index (χ2n) is 8.54. The van der Waals surface area contributed by atoms with E-state index in [4.69, 9.17) is 18.9 Å². The predicted octanol–water partition coefficient (Wildman–Crippen LogP) is 3.52. The zero-order valence-electron chi connectivity index (χ0n) is 22.5.